The zero-order chi connectivity index (χ0) is 18.4. The van der Waals surface area contributed by atoms with Crippen molar-refractivity contribution in [1.29, 1.82) is 0 Å². The Balaban J connectivity index is 2.77. The number of rotatable bonds is 7. The third-order valence-electron chi connectivity index (χ3n) is 3.74. The smallest absolute Gasteiger partial charge is 0.337 e. The van der Waals surface area contributed by atoms with Crippen LogP contribution in [0.4, 0.5) is 0 Å². The number of carboxylic acids is 1. The topological polar surface area (TPSA) is 64.3 Å². The van der Waals surface area contributed by atoms with Crippen molar-refractivity contribution in [2.45, 2.75) is 26.7 Å². The van der Waals surface area contributed by atoms with E-state index in [-0.39, 0.29) is 5.57 Å². The molecule has 132 valence electrons. The molecule has 0 atom stereocenters. The molecule has 0 bridgehead atoms. The van der Waals surface area contributed by atoms with Crippen molar-refractivity contribution >= 4 is 23.3 Å². The van der Waals surface area contributed by atoms with Crippen LogP contribution in [-0.4, -0.2) is 27.7 Å². The highest BCUT2D eigenvalue weighted by Gasteiger charge is 2.19. The summed E-state index contributed by atoms with van der Waals surface area (Å²) >= 11 is 6.19. The summed E-state index contributed by atoms with van der Waals surface area (Å²) in [5.41, 5.74) is 2.26. The lowest BCUT2D eigenvalue weighted by Crippen LogP contribution is -2.09. The zero-order valence-electron chi connectivity index (χ0n) is 14.5. The second-order valence-corrected chi connectivity index (χ2v) is 5.94. The molecule has 0 spiro atoms. The van der Waals surface area contributed by atoms with Gasteiger partial charge < -0.3 is 14.4 Å². The van der Waals surface area contributed by atoms with E-state index in [4.69, 9.17) is 16.3 Å². The fourth-order valence-electron chi connectivity index (χ4n) is 2.50. The van der Waals surface area contributed by atoms with Gasteiger partial charge in [0.25, 0.3) is 0 Å². The van der Waals surface area contributed by atoms with Crippen molar-refractivity contribution in [2.75, 3.05) is 7.11 Å². The van der Waals surface area contributed by atoms with Gasteiger partial charge in [0.05, 0.1) is 29.7 Å². The second kappa shape index (κ2) is 8.53. The van der Waals surface area contributed by atoms with Gasteiger partial charge in [0.1, 0.15) is 5.75 Å². The number of halogens is 1. The lowest BCUT2D eigenvalue weighted by atomic mass is 10.00. The molecule has 2 aromatic rings. The molecule has 2 rings (SSSR count). The number of imidazole rings is 1. The molecule has 25 heavy (non-hydrogen) atoms. The van der Waals surface area contributed by atoms with Crippen LogP contribution in [-0.2, 0) is 4.79 Å². The first-order valence-electron chi connectivity index (χ1n) is 7.96. The van der Waals surface area contributed by atoms with Crippen LogP contribution < -0.4 is 4.74 Å². The van der Waals surface area contributed by atoms with Crippen LogP contribution in [0.5, 0.6) is 5.75 Å². The Kier molecular flexibility index (Phi) is 6.42. The highest BCUT2D eigenvalue weighted by Crippen LogP contribution is 2.33. The van der Waals surface area contributed by atoms with Crippen LogP contribution in [0.3, 0.4) is 0 Å². The third kappa shape index (κ3) is 4.31. The molecule has 1 aromatic heterocycles. The predicted molar refractivity (Wildman–Crippen MR) is 99.0 cm³/mol. The quantitative estimate of drug-likeness (QED) is 0.581. The molecule has 0 saturated carbocycles. The molecule has 0 radical (unpaired) electrons. The van der Waals surface area contributed by atoms with E-state index in [2.05, 4.69) is 4.98 Å². The van der Waals surface area contributed by atoms with Gasteiger partial charge in [-0.25, -0.2) is 9.78 Å². The average Bonchev–Trinajstić information content (AvgIpc) is 3.09. The van der Waals surface area contributed by atoms with Crippen molar-refractivity contribution in [3.05, 3.63) is 64.7 Å². The predicted octanol–water partition coefficient (Wildman–Crippen LogP) is 4.55. The molecular weight excluding hydrogens is 340 g/mol. The molecule has 0 aliphatic carbocycles. The Labute approximate surface area is 152 Å². The van der Waals surface area contributed by atoms with E-state index in [1.807, 2.05) is 19.9 Å². The number of carboxylic acid groups (broad SMARTS) is 1. The van der Waals surface area contributed by atoms with E-state index in [0.717, 1.165) is 24.0 Å². The summed E-state index contributed by atoms with van der Waals surface area (Å²) < 4.78 is 6.99. The lowest BCUT2D eigenvalue weighted by molar-refractivity contribution is -0.132. The van der Waals surface area contributed by atoms with Gasteiger partial charge >= 0.3 is 5.97 Å². The molecule has 0 aliphatic heterocycles. The first kappa shape index (κ1) is 18.8. The summed E-state index contributed by atoms with van der Waals surface area (Å²) in [6.07, 6.45) is 10.1. The number of hydrogen-bond acceptors (Lipinski definition) is 3. The summed E-state index contributed by atoms with van der Waals surface area (Å²) in [5, 5.41) is 10.3. The third-order valence-corrected chi connectivity index (χ3v) is 4.04. The molecule has 6 heteroatoms. The molecule has 1 N–H and O–H groups in total. The Morgan fingerprint density at radius 2 is 2.20 bits per heavy atom. The number of methoxy groups -OCH3 is 1. The number of aryl methyl sites for hydroxylation is 1. The normalized spacial score (nSPS) is 12.3. The standard InChI is InChI=1S/C19H21ClN2O3/c1-4-5-6-7-14(19(23)24)18(22-9-8-21-12-22)15-11-17(25-3)16(20)10-13(15)2/h6-12H,4-5H2,1-3H3,(H,23,24)/b7-6+,18-14-. The Hall–Kier alpha value is -2.53. The van der Waals surface area contributed by atoms with Gasteiger partial charge in [0.2, 0.25) is 0 Å². The highest BCUT2D eigenvalue weighted by atomic mass is 35.5. The van der Waals surface area contributed by atoms with Crippen molar-refractivity contribution < 1.29 is 14.6 Å². The minimum Gasteiger partial charge on any atom is -0.495 e. The number of carbonyl (C=O) groups is 1. The summed E-state index contributed by atoms with van der Waals surface area (Å²) in [5.74, 6) is -0.522. The molecule has 0 aliphatic rings. The van der Waals surface area contributed by atoms with Crippen molar-refractivity contribution in [3.63, 3.8) is 0 Å². The number of aromatic nitrogens is 2. The average molecular weight is 361 g/mol. The summed E-state index contributed by atoms with van der Waals surface area (Å²) in [6, 6.07) is 3.52. The minimum absolute atomic E-state index is 0.180. The van der Waals surface area contributed by atoms with Crippen LogP contribution in [0.15, 0.2) is 48.6 Å². The van der Waals surface area contributed by atoms with Crippen LogP contribution in [0, 0.1) is 6.92 Å². The number of ether oxygens (including phenoxy) is 1. The van der Waals surface area contributed by atoms with E-state index in [0.29, 0.717) is 16.5 Å². The Bertz CT molecular complexity index is 808. The summed E-state index contributed by atoms with van der Waals surface area (Å²) in [4.78, 5) is 16.0. The van der Waals surface area contributed by atoms with Gasteiger partial charge in [0, 0.05) is 18.0 Å². The number of nitrogens with zero attached hydrogens (tertiary/aromatic N) is 2. The van der Waals surface area contributed by atoms with E-state index in [1.54, 1.807) is 41.5 Å². The van der Waals surface area contributed by atoms with Gasteiger partial charge in [0.15, 0.2) is 0 Å². The van der Waals surface area contributed by atoms with E-state index < -0.39 is 5.97 Å². The SMILES string of the molecule is CCC/C=C/C(C(=O)O)=C(\c1cc(OC)c(Cl)cc1C)n1ccnc1. The first-order chi connectivity index (χ1) is 12.0. The van der Waals surface area contributed by atoms with Crippen molar-refractivity contribution in [1.82, 2.24) is 9.55 Å². The monoisotopic (exact) mass is 360 g/mol. The van der Waals surface area contributed by atoms with Gasteiger partial charge in [-0.1, -0.05) is 31.0 Å². The van der Waals surface area contributed by atoms with E-state index in [1.165, 1.54) is 7.11 Å². The first-order valence-corrected chi connectivity index (χ1v) is 8.34. The van der Waals surface area contributed by atoms with Crippen molar-refractivity contribution in [2.24, 2.45) is 0 Å². The molecule has 5 nitrogen and oxygen atoms in total. The lowest BCUT2D eigenvalue weighted by Gasteiger charge is -2.16. The van der Waals surface area contributed by atoms with Crippen LogP contribution in [0.25, 0.3) is 5.70 Å². The number of benzene rings is 1. The largest absolute Gasteiger partial charge is 0.495 e. The molecule has 0 amide bonds. The summed E-state index contributed by atoms with van der Waals surface area (Å²) in [6.45, 7) is 3.92. The van der Waals surface area contributed by atoms with E-state index in [9.17, 15) is 9.90 Å². The minimum atomic E-state index is -1.01. The van der Waals surface area contributed by atoms with Gasteiger partial charge in [-0.15, -0.1) is 0 Å². The zero-order valence-corrected chi connectivity index (χ0v) is 15.2. The van der Waals surface area contributed by atoms with E-state index >= 15 is 0 Å². The molecule has 1 heterocycles. The second-order valence-electron chi connectivity index (χ2n) is 5.53. The molecule has 0 saturated heterocycles. The molecular formula is C19H21ClN2O3. The fraction of sp³-hybridized carbons (Fsp3) is 0.263. The maximum Gasteiger partial charge on any atom is 0.337 e. The summed E-state index contributed by atoms with van der Waals surface area (Å²) in [7, 11) is 1.53. The van der Waals surface area contributed by atoms with Gasteiger partial charge in [-0.3, -0.25) is 0 Å². The van der Waals surface area contributed by atoms with Crippen LogP contribution in [0.2, 0.25) is 5.02 Å². The Morgan fingerprint density at radius 1 is 1.44 bits per heavy atom. The molecule has 0 unspecified atom stereocenters. The maximum atomic E-state index is 11.9. The number of unbranched alkanes of at least 4 members (excludes halogenated alkanes) is 1. The number of allylic oxidation sites excluding steroid dienone is 1. The number of aliphatic carboxylic acids is 1. The Morgan fingerprint density at radius 3 is 2.76 bits per heavy atom. The maximum absolute atomic E-state index is 11.9. The van der Waals surface area contributed by atoms with Gasteiger partial charge in [-0.05, 0) is 37.1 Å². The molecule has 1 aromatic carbocycles. The fourth-order valence-corrected chi connectivity index (χ4v) is 2.79. The molecule has 0 fully saturated rings. The van der Waals surface area contributed by atoms with Gasteiger partial charge in [-0.2, -0.15) is 0 Å². The van der Waals surface area contributed by atoms with Crippen molar-refractivity contribution in [3.8, 4) is 5.75 Å². The number of hydrogen-bond donors (Lipinski definition) is 1. The van der Waals surface area contributed by atoms with Crippen LogP contribution in [0.1, 0.15) is 30.9 Å². The highest BCUT2D eigenvalue weighted by molar-refractivity contribution is 6.32. The van der Waals surface area contributed by atoms with Crippen LogP contribution >= 0.6 is 11.6 Å².